The second-order valence-corrected chi connectivity index (χ2v) is 9.65. The summed E-state index contributed by atoms with van der Waals surface area (Å²) in [6.07, 6.45) is 9.47. The van der Waals surface area contributed by atoms with E-state index in [2.05, 4.69) is 13.8 Å². The molecule has 0 heterocycles. The van der Waals surface area contributed by atoms with Crippen molar-refractivity contribution in [2.75, 3.05) is 6.61 Å². The summed E-state index contributed by atoms with van der Waals surface area (Å²) in [5, 5.41) is 18.8. The maximum Gasteiger partial charge on any atom is 0.159 e. The Morgan fingerprint density at radius 3 is 2.61 bits per heavy atom. The summed E-state index contributed by atoms with van der Waals surface area (Å²) < 4.78 is 0. The number of phenolic OH excluding ortho intramolecular Hbond substituents is 1. The van der Waals surface area contributed by atoms with Crippen molar-refractivity contribution >= 4 is 5.78 Å². The molecule has 4 rings (SSSR count). The van der Waals surface area contributed by atoms with Gasteiger partial charge >= 0.3 is 0 Å². The predicted molar refractivity (Wildman–Crippen MR) is 111 cm³/mol. The summed E-state index contributed by atoms with van der Waals surface area (Å²) in [7, 11) is 0. The van der Waals surface area contributed by atoms with Gasteiger partial charge < -0.3 is 10.2 Å². The Kier molecular flexibility index (Phi) is 5.16. The van der Waals surface area contributed by atoms with E-state index in [0.717, 1.165) is 44.1 Å². The molecular weight excluding hydrogens is 348 g/mol. The third-order valence-electron chi connectivity index (χ3n) is 8.61. The lowest BCUT2D eigenvalue weighted by atomic mass is 9.49. The molecule has 3 aliphatic rings. The molecule has 1 aromatic rings. The number of carbonyl (C=O) groups is 1. The molecule has 0 amide bonds. The number of aliphatic hydroxyl groups is 1. The number of benzene rings is 1. The number of rotatable bonds is 7. The van der Waals surface area contributed by atoms with Crippen molar-refractivity contribution in [1.82, 2.24) is 0 Å². The number of unbranched alkanes of at least 4 members (excludes halogenated alkanes) is 1. The first kappa shape index (κ1) is 19.7. The Balaban J connectivity index is 1.65. The van der Waals surface area contributed by atoms with Crippen molar-refractivity contribution in [3.8, 4) is 5.75 Å². The zero-order valence-corrected chi connectivity index (χ0v) is 17.3. The predicted octanol–water partition coefficient (Wildman–Crippen LogP) is 5.20. The standard InChI is InChI=1S/C25H34O3/c1-17-22-15-20-9-8-19(5-3-4-14-26)25(22,16-23(17)28)24(20,2)13-12-18-6-10-21(27)11-7-18/h6-7,10-11,19-20,26-27H,3-5,8-9,12-16H2,1-2H3. The van der Waals surface area contributed by atoms with Crippen molar-refractivity contribution < 1.29 is 15.0 Å². The van der Waals surface area contributed by atoms with Gasteiger partial charge in [-0.2, -0.15) is 0 Å². The third-order valence-corrected chi connectivity index (χ3v) is 8.61. The Labute approximate surface area is 168 Å². The highest BCUT2D eigenvalue weighted by Gasteiger charge is 2.67. The molecule has 4 unspecified atom stereocenters. The van der Waals surface area contributed by atoms with Crippen LogP contribution in [-0.4, -0.2) is 22.6 Å². The van der Waals surface area contributed by atoms with Crippen LogP contribution in [0, 0.1) is 22.7 Å². The van der Waals surface area contributed by atoms with Gasteiger partial charge in [-0.05, 0) is 92.4 Å². The number of ketones is 1. The van der Waals surface area contributed by atoms with E-state index in [0.29, 0.717) is 29.8 Å². The lowest BCUT2D eigenvalue weighted by Gasteiger charge is -2.54. The Bertz CT molecular complexity index is 777. The normalized spacial score (nSPS) is 34.2. The molecule has 152 valence electrons. The lowest BCUT2D eigenvalue weighted by molar-refractivity contribution is -0.121. The van der Waals surface area contributed by atoms with Crippen LogP contribution in [0.5, 0.6) is 5.75 Å². The zero-order chi connectivity index (χ0) is 19.9. The van der Waals surface area contributed by atoms with E-state index in [1.807, 2.05) is 12.1 Å². The van der Waals surface area contributed by atoms with Crippen molar-refractivity contribution in [2.45, 2.75) is 71.6 Å². The monoisotopic (exact) mass is 382 g/mol. The van der Waals surface area contributed by atoms with Gasteiger partial charge in [-0.1, -0.05) is 31.1 Å². The highest BCUT2D eigenvalue weighted by molar-refractivity contribution is 6.00. The molecule has 0 aliphatic heterocycles. The van der Waals surface area contributed by atoms with Crippen LogP contribution in [0.25, 0.3) is 0 Å². The van der Waals surface area contributed by atoms with Crippen LogP contribution >= 0.6 is 0 Å². The number of hydrogen-bond donors (Lipinski definition) is 2. The van der Waals surface area contributed by atoms with Gasteiger partial charge in [0.25, 0.3) is 0 Å². The molecule has 2 saturated carbocycles. The molecule has 2 N–H and O–H groups in total. The highest BCUT2D eigenvalue weighted by Crippen LogP contribution is 2.74. The number of allylic oxidation sites excluding steroid dienone is 2. The van der Waals surface area contributed by atoms with Gasteiger partial charge in [-0.3, -0.25) is 4.79 Å². The van der Waals surface area contributed by atoms with Crippen molar-refractivity contribution in [1.29, 1.82) is 0 Å². The van der Waals surface area contributed by atoms with Gasteiger partial charge in [0.2, 0.25) is 0 Å². The van der Waals surface area contributed by atoms with E-state index in [9.17, 15) is 15.0 Å². The van der Waals surface area contributed by atoms with Gasteiger partial charge in [0.1, 0.15) is 5.75 Å². The van der Waals surface area contributed by atoms with Crippen LogP contribution < -0.4 is 0 Å². The first-order valence-corrected chi connectivity index (χ1v) is 11.0. The van der Waals surface area contributed by atoms with Crippen LogP contribution in [0.2, 0.25) is 0 Å². The minimum atomic E-state index is 0.0451. The fourth-order valence-corrected chi connectivity index (χ4v) is 7.03. The molecule has 2 bridgehead atoms. The number of aliphatic hydroxyl groups excluding tert-OH is 1. The number of phenols is 1. The molecule has 0 radical (unpaired) electrons. The maximum atomic E-state index is 12.8. The second-order valence-electron chi connectivity index (χ2n) is 9.65. The first-order chi connectivity index (χ1) is 13.4. The summed E-state index contributed by atoms with van der Waals surface area (Å²) in [6, 6.07) is 7.61. The number of hydrogen-bond acceptors (Lipinski definition) is 3. The van der Waals surface area contributed by atoms with Gasteiger partial charge in [0.15, 0.2) is 5.78 Å². The number of carbonyl (C=O) groups excluding carboxylic acids is 1. The van der Waals surface area contributed by atoms with Crippen molar-refractivity contribution in [2.24, 2.45) is 22.7 Å². The van der Waals surface area contributed by atoms with Crippen LogP contribution in [0.3, 0.4) is 0 Å². The van der Waals surface area contributed by atoms with Gasteiger partial charge in [0.05, 0.1) is 0 Å². The molecule has 1 aromatic carbocycles. The summed E-state index contributed by atoms with van der Waals surface area (Å²) in [5.74, 6) is 1.94. The summed E-state index contributed by atoms with van der Waals surface area (Å²) in [6.45, 7) is 4.80. The molecule has 1 spiro atoms. The molecule has 4 atom stereocenters. The molecule has 0 saturated heterocycles. The summed E-state index contributed by atoms with van der Waals surface area (Å²) >= 11 is 0. The second kappa shape index (κ2) is 7.33. The van der Waals surface area contributed by atoms with Crippen LogP contribution in [0.4, 0.5) is 0 Å². The van der Waals surface area contributed by atoms with Crippen LogP contribution in [0.1, 0.15) is 70.8 Å². The quantitative estimate of drug-likeness (QED) is 0.637. The SMILES string of the molecule is CC1=C2CC3CCC(CCCCO)C2(CC1=O)C3(C)CCc1ccc(O)cc1. The van der Waals surface area contributed by atoms with Crippen LogP contribution in [-0.2, 0) is 11.2 Å². The van der Waals surface area contributed by atoms with E-state index in [4.69, 9.17) is 0 Å². The molecule has 3 nitrogen and oxygen atoms in total. The molecule has 2 fully saturated rings. The van der Waals surface area contributed by atoms with Crippen LogP contribution in [0.15, 0.2) is 35.4 Å². The minimum Gasteiger partial charge on any atom is -0.508 e. The summed E-state index contributed by atoms with van der Waals surface area (Å²) in [4.78, 5) is 12.8. The highest BCUT2D eigenvalue weighted by atomic mass is 16.3. The Morgan fingerprint density at radius 1 is 1.14 bits per heavy atom. The lowest BCUT2D eigenvalue weighted by Crippen LogP contribution is -2.48. The fraction of sp³-hybridized carbons (Fsp3) is 0.640. The summed E-state index contributed by atoms with van der Waals surface area (Å²) in [5.41, 5.74) is 4.03. The van der Waals surface area contributed by atoms with E-state index in [1.165, 1.54) is 24.0 Å². The van der Waals surface area contributed by atoms with E-state index < -0.39 is 0 Å². The molecule has 28 heavy (non-hydrogen) atoms. The smallest absolute Gasteiger partial charge is 0.159 e. The Morgan fingerprint density at radius 2 is 1.89 bits per heavy atom. The van der Waals surface area contributed by atoms with E-state index >= 15 is 0 Å². The van der Waals surface area contributed by atoms with E-state index in [1.54, 1.807) is 12.1 Å². The van der Waals surface area contributed by atoms with Gasteiger partial charge in [-0.15, -0.1) is 0 Å². The molecule has 3 aliphatic carbocycles. The zero-order valence-electron chi connectivity index (χ0n) is 17.3. The van der Waals surface area contributed by atoms with Crippen molar-refractivity contribution in [3.63, 3.8) is 0 Å². The van der Waals surface area contributed by atoms with Crippen molar-refractivity contribution in [3.05, 3.63) is 41.0 Å². The number of aromatic hydroxyl groups is 1. The molecule has 0 aromatic heterocycles. The Hall–Kier alpha value is -1.61. The number of Topliss-reactive ketones (excluding diaryl/α,β-unsaturated/α-hetero) is 1. The third kappa shape index (κ3) is 2.85. The maximum absolute atomic E-state index is 12.8. The van der Waals surface area contributed by atoms with E-state index in [-0.39, 0.29) is 17.4 Å². The number of fused-ring (bicyclic) bond motifs is 1. The first-order valence-electron chi connectivity index (χ1n) is 11.0. The fourth-order valence-electron chi connectivity index (χ4n) is 7.03. The molecule has 3 heteroatoms. The topological polar surface area (TPSA) is 57.5 Å². The average Bonchev–Trinajstić information content (AvgIpc) is 2.98. The average molecular weight is 383 g/mol. The van der Waals surface area contributed by atoms with Gasteiger partial charge in [0, 0.05) is 18.4 Å². The molecular formula is C25H34O3. The largest absolute Gasteiger partial charge is 0.508 e. The number of aryl methyl sites for hydroxylation is 1. The van der Waals surface area contributed by atoms with Gasteiger partial charge in [-0.25, -0.2) is 0 Å². The minimum absolute atomic E-state index is 0.0451.